The molecule has 0 saturated heterocycles. The minimum Gasteiger partial charge on any atom is -0.294 e. The van der Waals surface area contributed by atoms with Gasteiger partial charge in [-0.15, -0.1) is 0 Å². The van der Waals surface area contributed by atoms with Gasteiger partial charge in [-0.25, -0.2) is 9.97 Å². The lowest BCUT2D eigenvalue weighted by Gasteiger charge is -2.12. The Labute approximate surface area is 232 Å². The van der Waals surface area contributed by atoms with Crippen LogP contribution in [0.4, 0.5) is 0 Å². The minimum absolute atomic E-state index is 0.749. The number of aromatic nitrogens is 3. The molecule has 2 heterocycles. The van der Waals surface area contributed by atoms with Crippen molar-refractivity contribution in [2.75, 3.05) is 0 Å². The van der Waals surface area contributed by atoms with Gasteiger partial charge in [0, 0.05) is 22.4 Å². The Morgan fingerprint density at radius 3 is 1.73 bits per heavy atom. The second-order valence-corrected chi connectivity index (χ2v) is 10.3. The van der Waals surface area contributed by atoms with E-state index in [1.807, 2.05) is 6.92 Å². The van der Waals surface area contributed by atoms with Crippen molar-refractivity contribution in [1.82, 2.24) is 14.5 Å². The van der Waals surface area contributed by atoms with E-state index in [1.54, 1.807) is 0 Å². The minimum atomic E-state index is 0.749. The number of aryl methyl sites for hydroxylation is 1. The highest BCUT2D eigenvalue weighted by molar-refractivity contribution is 6.14. The number of hydrogen-bond donors (Lipinski definition) is 0. The first-order valence-corrected chi connectivity index (χ1v) is 13.6. The lowest BCUT2D eigenvalue weighted by atomic mass is 9.93. The molecule has 8 aromatic rings. The largest absolute Gasteiger partial charge is 0.294 e. The molecule has 40 heavy (non-hydrogen) atoms. The fourth-order valence-electron chi connectivity index (χ4n) is 6.10. The molecule has 3 nitrogen and oxygen atoms in total. The van der Waals surface area contributed by atoms with Crippen LogP contribution >= 0.6 is 0 Å². The molecule has 0 radical (unpaired) electrons. The molecule has 2 aromatic heterocycles. The molecule has 0 saturated carbocycles. The van der Waals surface area contributed by atoms with Gasteiger partial charge in [0.05, 0.1) is 16.7 Å². The summed E-state index contributed by atoms with van der Waals surface area (Å²) in [4.78, 5) is 9.73. The maximum Gasteiger partial charge on any atom is 0.141 e. The zero-order chi connectivity index (χ0) is 26.6. The molecule has 0 aliphatic rings. The van der Waals surface area contributed by atoms with E-state index in [0.717, 1.165) is 33.9 Å². The molecule has 0 unspecified atom stereocenters. The topological polar surface area (TPSA) is 30.7 Å². The van der Waals surface area contributed by atoms with E-state index < -0.39 is 0 Å². The third-order valence-corrected chi connectivity index (χ3v) is 7.89. The van der Waals surface area contributed by atoms with Crippen molar-refractivity contribution in [3.63, 3.8) is 0 Å². The summed E-state index contributed by atoms with van der Waals surface area (Å²) in [7, 11) is 0. The highest BCUT2D eigenvalue weighted by Crippen LogP contribution is 2.36. The standard InChI is InChI=1S/C37H25N3/c1-24-38-34(23-37(39-24)40-35-16-8-6-14-31(35)32-15-7-9-17-36(32)40)26-20-18-25(19-21-26)33-22-27-10-2-3-11-28(27)29-12-4-5-13-30(29)33/h2-23H,1H3. The van der Waals surface area contributed by atoms with Gasteiger partial charge in [-0.05, 0) is 57.8 Å². The van der Waals surface area contributed by atoms with E-state index in [-0.39, 0.29) is 0 Å². The Morgan fingerprint density at radius 2 is 1.02 bits per heavy atom. The fourth-order valence-corrected chi connectivity index (χ4v) is 6.10. The van der Waals surface area contributed by atoms with E-state index in [1.165, 1.54) is 43.4 Å². The van der Waals surface area contributed by atoms with Crippen LogP contribution in [0.1, 0.15) is 5.82 Å². The summed E-state index contributed by atoms with van der Waals surface area (Å²) in [6.07, 6.45) is 0. The Hall–Kier alpha value is -5.28. The summed E-state index contributed by atoms with van der Waals surface area (Å²) < 4.78 is 2.25. The van der Waals surface area contributed by atoms with E-state index in [2.05, 4.69) is 138 Å². The zero-order valence-corrected chi connectivity index (χ0v) is 22.0. The van der Waals surface area contributed by atoms with Gasteiger partial charge in [0.25, 0.3) is 0 Å². The monoisotopic (exact) mass is 511 g/mol. The summed E-state index contributed by atoms with van der Waals surface area (Å²) >= 11 is 0. The average molecular weight is 512 g/mol. The van der Waals surface area contributed by atoms with Crippen molar-refractivity contribution >= 4 is 43.4 Å². The molecule has 0 aliphatic carbocycles. The molecule has 0 amide bonds. The molecular weight excluding hydrogens is 486 g/mol. The average Bonchev–Trinajstić information content (AvgIpc) is 3.35. The predicted molar refractivity (Wildman–Crippen MR) is 167 cm³/mol. The second-order valence-electron chi connectivity index (χ2n) is 10.3. The van der Waals surface area contributed by atoms with E-state index >= 15 is 0 Å². The van der Waals surface area contributed by atoms with Crippen molar-refractivity contribution in [3.05, 3.63) is 139 Å². The Bertz CT molecular complexity index is 2170. The van der Waals surface area contributed by atoms with Crippen molar-refractivity contribution in [3.8, 4) is 28.2 Å². The van der Waals surface area contributed by atoms with Gasteiger partial charge < -0.3 is 0 Å². The molecule has 0 N–H and O–H groups in total. The molecule has 0 spiro atoms. The van der Waals surface area contributed by atoms with Crippen LogP contribution in [0.3, 0.4) is 0 Å². The molecule has 6 aromatic carbocycles. The van der Waals surface area contributed by atoms with Crippen molar-refractivity contribution in [1.29, 1.82) is 0 Å². The summed E-state index contributed by atoms with van der Waals surface area (Å²) in [5.41, 5.74) is 6.71. The highest BCUT2D eigenvalue weighted by Gasteiger charge is 2.15. The zero-order valence-electron chi connectivity index (χ0n) is 22.0. The van der Waals surface area contributed by atoms with Gasteiger partial charge in [0.15, 0.2) is 0 Å². The van der Waals surface area contributed by atoms with Gasteiger partial charge >= 0.3 is 0 Å². The lowest BCUT2D eigenvalue weighted by molar-refractivity contribution is 0.985. The van der Waals surface area contributed by atoms with Crippen LogP contribution in [-0.4, -0.2) is 14.5 Å². The lowest BCUT2D eigenvalue weighted by Crippen LogP contribution is -2.02. The summed E-state index contributed by atoms with van der Waals surface area (Å²) in [5, 5.41) is 7.53. The first-order valence-electron chi connectivity index (χ1n) is 13.6. The van der Waals surface area contributed by atoms with Crippen LogP contribution in [0.2, 0.25) is 0 Å². The van der Waals surface area contributed by atoms with Crippen LogP contribution in [0.15, 0.2) is 133 Å². The quantitative estimate of drug-likeness (QED) is 0.221. The third kappa shape index (κ3) is 3.52. The van der Waals surface area contributed by atoms with E-state index in [0.29, 0.717) is 0 Å². The number of nitrogens with zero attached hydrogens (tertiary/aromatic N) is 3. The molecule has 0 atom stereocenters. The number of rotatable bonds is 3. The van der Waals surface area contributed by atoms with Gasteiger partial charge in [-0.1, -0.05) is 109 Å². The van der Waals surface area contributed by atoms with Gasteiger partial charge in [-0.2, -0.15) is 0 Å². The first kappa shape index (κ1) is 22.7. The van der Waals surface area contributed by atoms with Crippen LogP contribution in [0.25, 0.3) is 71.6 Å². The Kier molecular flexibility index (Phi) is 5.04. The predicted octanol–water partition coefficient (Wildman–Crippen LogP) is 9.52. The number of para-hydroxylation sites is 2. The van der Waals surface area contributed by atoms with Crippen LogP contribution in [-0.2, 0) is 0 Å². The number of fused-ring (bicyclic) bond motifs is 6. The highest BCUT2D eigenvalue weighted by atomic mass is 15.1. The van der Waals surface area contributed by atoms with Gasteiger partial charge in [-0.3, -0.25) is 4.57 Å². The molecule has 0 fully saturated rings. The number of hydrogen-bond acceptors (Lipinski definition) is 2. The SMILES string of the molecule is Cc1nc(-c2ccc(-c3cc4ccccc4c4ccccc34)cc2)cc(-n2c3ccccc3c3ccccc32)n1. The fraction of sp³-hybridized carbons (Fsp3) is 0.0270. The van der Waals surface area contributed by atoms with Gasteiger partial charge in [0.2, 0.25) is 0 Å². The summed E-state index contributed by atoms with van der Waals surface area (Å²) in [6.45, 7) is 1.97. The van der Waals surface area contributed by atoms with Crippen LogP contribution < -0.4 is 0 Å². The normalized spacial score (nSPS) is 11.6. The number of benzene rings is 6. The molecule has 188 valence electrons. The van der Waals surface area contributed by atoms with Crippen molar-refractivity contribution < 1.29 is 0 Å². The maximum absolute atomic E-state index is 4.88. The maximum atomic E-state index is 4.88. The molecule has 0 bridgehead atoms. The van der Waals surface area contributed by atoms with Gasteiger partial charge in [0.1, 0.15) is 11.6 Å². The molecule has 8 rings (SSSR count). The van der Waals surface area contributed by atoms with Crippen molar-refractivity contribution in [2.45, 2.75) is 6.92 Å². The van der Waals surface area contributed by atoms with E-state index in [4.69, 9.17) is 9.97 Å². The Balaban J connectivity index is 1.26. The molecular formula is C37H25N3. The summed E-state index contributed by atoms with van der Waals surface area (Å²) in [5.74, 6) is 1.63. The molecule has 0 aliphatic heterocycles. The molecule has 3 heteroatoms. The first-order chi connectivity index (χ1) is 19.7. The van der Waals surface area contributed by atoms with E-state index in [9.17, 15) is 0 Å². The van der Waals surface area contributed by atoms with Crippen LogP contribution in [0.5, 0.6) is 0 Å². The third-order valence-electron chi connectivity index (χ3n) is 7.89. The Morgan fingerprint density at radius 1 is 0.475 bits per heavy atom. The smallest absolute Gasteiger partial charge is 0.141 e. The second kappa shape index (κ2) is 8.89. The van der Waals surface area contributed by atoms with Crippen molar-refractivity contribution in [2.24, 2.45) is 0 Å². The van der Waals surface area contributed by atoms with Crippen LogP contribution in [0, 0.1) is 6.92 Å². The summed E-state index contributed by atoms with van der Waals surface area (Å²) in [6, 6.07) is 47.5.